The van der Waals surface area contributed by atoms with Gasteiger partial charge in [0.05, 0.1) is 17.1 Å². The van der Waals surface area contributed by atoms with Crippen LogP contribution < -0.4 is 5.32 Å². The van der Waals surface area contributed by atoms with Gasteiger partial charge in [0, 0.05) is 17.4 Å². The predicted molar refractivity (Wildman–Crippen MR) is 96.4 cm³/mol. The third-order valence-corrected chi connectivity index (χ3v) is 4.02. The van der Waals surface area contributed by atoms with Crippen LogP contribution in [0.25, 0.3) is 11.0 Å². The molecule has 0 spiro atoms. The number of nitrogens with zero attached hydrogens (tertiary/aromatic N) is 3. The van der Waals surface area contributed by atoms with Crippen molar-refractivity contribution in [2.24, 2.45) is 0 Å². The fraction of sp³-hybridized carbons (Fsp3) is 0.316. The number of aromatic nitrogens is 3. The summed E-state index contributed by atoms with van der Waals surface area (Å²) in [5, 5.41) is 8.15. The van der Waals surface area contributed by atoms with E-state index in [4.69, 9.17) is 0 Å². The van der Waals surface area contributed by atoms with E-state index >= 15 is 0 Å². The molecule has 2 heterocycles. The van der Waals surface area contributed by atoms with Crippen LogP contribution in [0.4, 0.5) is 5.69 Å². The average molecular weight is 322 g/mol. The lowest BCUT2D eigenvalue weighted by atomic mass is 10.1. The SMILES string of the molecule is CCc1cccc(NC(=O)c2cc(C)nc3c2cnn3C(C)C)c1. The normalized spacial score (nSPS) is 11.2. The van der Waals surface area contributed by atoms with Crippen LogP contribution in [0, 0.1) is 6.92 Å². The summed E-state index contributed by atoms with van der Waals surface area (Å²) in [4.78, 5) is 17.3. The molecule has 0 saturated heterocycles. The summed E-state index contributed by atoms with van der Waals surface area (Å²) in [6.07, 6.45) is 2.66. The molecular formula is C19H22N4O. The van der Waals surface area contributed by atoms with Gasteiger partial charge in [0.15, 0.2) is 5.65 Å². The van der Waals surface area contributed by atoms with Crippen molar-refractivity contribution < 1.29 is 4.79 Å². The van der Waals surface area contributed by atoms with Crippen LogP contribution >= 0.6 is 0 Å². The van der Waals surface area contributed by atoms with Crippen LogP contribution in [-0.4, -0.2) is 20.7 Å². The lowest BCUT2D eigenvalue weighted by Gasteiger charge is -2.10. The van der Waals surface area contributed by atoms with Crippen LogP contribution in [0.2, 0.25) is 0 Å². The second-order valence-electron chi connectivity index (χ2n) is 6.24. The zero-order chi connectivity index (χ0) is 17.3. The van der Waals surface area contributed by atoms with E-state index < -0.39 is 0 Å². The van der Waals surface area contributed by atoms with Crippen LogP contribution in [0.5, 0.6) is 0 Å². The molecule has 3 aromatic rings. The Kier molecular flexibility index (Phi) is 4.34. The van der Waals surface area contributed by atoms with Gasteiger partial charge < -0.3 is 5.32 Å². The van der Waals surface area contributed by atoms with E-state index in [9.17, 15) is 4.79 Å². The summed E-state index contributed by atoms with van der Waals surface area (Å²) in [6, 6.07) is 9.91. The molecule has 1 amide bonds. The van der Waals surface area contributed by atoms with Gasteiger partial charge in [0.2, 0.25) is 0 Å². The number of anilines is 1. The molecule has 0 unspecified atom stereocenters. The molecular weight excluding hydrogens is 300 g/mol. The third kappa shape index (κ3) is 3.02. The number of fused-ring (bicyclic) bond motifs is 1. The fourth-order valence-corrected chi connectivity index (χ4v) is 2.78. The highest BCUT2D eigenvalue weighted by Gasteiger charge is 2.17. The number of pyridine rings is 1. The topological polar surface area (TPSA) is 59.8 Å². The van der Waals surface area contributed by atoms with Crippen molar-refractivity contribution >= 4 is 22.6 Å². The lowest BCUT2D eigenvalue weighted by Crippen LogP contribution is -2.13. The Morgan fingerprint density at radius 2 is 2.08 bits per heavy atom. The molecule has 0 bridgehead atoms. The zero-order valence-electron chi connectivity index (χ0n) is 14.5. The average Bonchev–Trinajstić information content (AvgIpc) is 2.98. The first-order valence-electron chi connectivity index (χ1n) is 8.24. The zero-order valence-corrected chi connectivity index (χ0v) is 14.5. The molecule has 0 atom stereocenters. The molecule has 5 nitrogen and oxygen atoms in total. The molecule has 0 radical (unpaired) electrons. The second-order valence-corrected chi connectivity index (χ2v) is 6.24. The quantitative estimate of drug-likeness (QED) is 0.785. The van der Waals surface area contributed by atoms with Crippen molar-refractivity contribution in [3.8, 4) is 0 Å². The van der Waals surface area contributed by atoms with E-state index in [1.54, 1.807) is 6.20 Å². The molecule has 124 valence electrons. The monoisotopic (exact) mass is 322 g/mol. The Hall–Kier alpha value is -2.69. The number of hydrogen-bond donors (Lipinski definition) is 1. The first kappa shape index (κ1) is 16.2. The fourth-order valence-electron chi connectivity index (χ4n) is 2.78. The summed E-state index contributed by atoms with van der Waals surface area (Å²) in [7, 11) is 0. The van der Waals surface area contributed by atoms with Crippen molar-refractivity contribution in [1.82, 2.24) is 14.8 Å². The molecule has 5 heteroatoms. The molecule has 0 fully saturated rings. The van der Waals surface area contributed by atoms with Crippen molar-refractivity contribution in [3.63, 3.8) is 0 Å². The van der Waals surface area contributed by atoms with E-state index in [0.717, 1.165) is 28.8 Å². The van der Waals surface area contributed by atoms with Gasteiger partial charge in [-0.1, -0.05) is 19.1 Å². The van der Waals surface area contributed by atoms with Crippen molar-refractivity contribution in [1.29, 1.82) is 0 Å². The number of aryl methyl sites for hydroxylation is 2. The Balaban J connectivity index is 2.00. The minimum absolute atomic E-state index is 0.137. The number of rotatable bonds is 4. The van der Waals surface area contributed by atoms with Gasteiger partial charge in [0.25, 0.3) is 5.91 Å². The van der Waals surface area contributed by atoms with Crippen molar-refractivity contribution in [2.45, 2.75) is 40.2 Å². The van der Waals surface area contributed by atoms with Crippen LogP contribution in [0.3, 0.4) is 0 Å². The summed E-state index contributed by atoms with van der Waals surface area (Å²) < 4.78 is 1.84. The predicted octanol–water partition coefficient (Wildman–Crippen LogP) is 4.14. The highest BCUT2D eigenvalue weighted by Crippen LogP contribution is 2.22. The molecule has 0 aliphatic heterocycles. The van der Waals surface area contributed by atoms with Gasteiger partial charge in [-0.3, -0.25) is 4.79 Å². The van der Waals surface area contributed by atoms with Crippen molar-refractivity contribution in [3.05, 3.63) is 53.3 Å². The molecule has 1 aromatic carbocycles. The molecule has 3 rings (SSSR count). The van der Waals surface area contributed by atoms with Gasteiger partial charge >= 0.3 is 0 Å². The number of nitrogens with one attached hydrogen (secondary N) is 1. The smallest absolute Gasteiger partial charge is 0.256 e. The summed E-state index contributed by atoms with van der Waals surface area (Å²) in [5.41, 5.74) is 4.15. The molecule has 0 aliphatic rings. The number of carbonyl (C=O) groups excluding carboxylic acids is 1. The van der Waals surface area contributed by atoms with Gasteiger partial charge in [-0.25, -0.2) is 9.67 Å². The number of benzene rings is 1. The summed E-state index contributed by atoms with van der Waals surface area (Å²) in [5.74, 6) is -0.137. The Bertz CT molecular complexity index is 896. The molecule has 0 saturated carbocycles. The van der Waals surface area contributed by atoms with E-state index in [0.29, 0.717) is 5.56 Å². The standard InChI is InChI=1S/C19H22N4O/c1-5-14-7-6-8-15(10-14)22-19(24)16-9-13(4)21-18-17(16)11-20-23(18)12(2)3/h6-12H,5H2,1-4H3,(H,22,24). The minimum atomic E-state index is -0.137. The van der Waals surface area contributed by atoms with Crippen LogP contribution in [0.15, 0.2) is 36.5 Å². The Morgan fingerprint density at radius 3 is 2.79 bits per heavy atom. The minimum Gasteiger partial charge on any atom is -0.322 e. The molecule has 24 heavy (non-hydrogen) atoms. The maximum Gasteiger partial charge on any atom is 0.256 e. The Labute approximate surface area is 141 Å². The van der Waals surface area contributed by atoms with Gasteiger partial charge in [-0.05, 0) is 51.0 Å². The van der Waals surface area contributed by atoms with Gasteiger partial charge in [0.1, 0.15) is 0 Å². The van der Waals surface area contributed by atoms with E-state index in [-0.39, 0.29) is 11.9 Å². The highest BCUT2D eigenvalue weighted by molar-refractivity contribution is 6.12. The number of amides is 1. The molecule has 2 aromatic heterocycles. The maximum atomic E-state index is 12.8. The first-order valence-corrected chi connectivity index (χ1v) is 8.24. The number of carbonyl (C=O) groups is 1. The van der Waals surface area contributed by atoms with Crippen molar-refractivity contribution in [2.75, 3.05) is 5.32 Å². The maximum absolute atomic E-state index is 12.8. The van der Waals surface area contributed by atoms with Gasteiger partial charge in [-0.15, -0.1) is 0 Å². The summed E-state index contributed by atoms with van der Waals surface area (Å²) >= 11 is 0. The highest BCUT2D eigenvalue weighted by atomic mass is 16.1. The van der Waals surface area contributed by atoms with E-state index in [1.165, 1.54) is 5.56 Å². The lowest BCUT2D eigenvalue weighted by molar-refractivity contribution is 0.102. The van der Waals surface area contributed by atoms with Crippen LogP contribution in [-0.2, 0) is 6.42 Å². The van der Waals surface area contributed by atoms with E-state index in [1.807, 2.05) is 49.7 Å². The first-order chi connectivity index (χ1) is 11.5. The summed E-state index contributed by atoms with van der Waals surface area (Å²) in [6.45, 7) is 8.08. The molecule has 0 aliphatic carbocycles. The largest absolute Gasteiger partial charge is 0.322 e. The van der Waals surface area contributed by atoms with Gasteiger partial charge in [-0.2, -0.15) is 5.10 Å². The second kappa shape index (κ2) is 6.43. The van der Waals surface area contributed by atoms with Crippen LogP contribution in [0.1, 0.15) is 48.4 Å². The molecule has 1 N–H and O–H groups in total. The van der Waals surface area contributed by atoms with E-state index in [2.05, 4.69) is 28.4 Å². The number of hydrogen-bond acceptors (Lipinski definition) is 3. The third-order valence-electron chi connectivity index (χ3n) is 4.02. The Morgan fingerprint density at radius 1 is 1.29 bits per heavy atom.